The van der Waals surface area contributed by atoms with Crippen LogP contribution in [0.4, 0.5) is 21.6 Å². The van der Waals surface area contributed by atoms with Crippen molar-refractivity contribution >= 4 is 34.0 Å². The Hall–Kier alpha value is -5.52. The normalized spacial score (nSPS) is 14.7. The van der Waals surface area contributed by atoms with Gasteiger partial charge in [-0.2, -0.15) is 0 Å². The van der Waals surface area contributed by atoms with Gasteiger partial charge in [-0.3, -0.25) is 9.78 Å². The van der Waals surface area contributed by atoms with Crippen LogP contribution in [0.3, 0.4) is 0 Å². The molecule has 2 aromatic carbocycles. The number of nitrogens with one attached hydrogen (secondary N) is 2. The van der Waals surface area contributed by atoms with E-state index in [2.05, 4.69) is 37.3 Å². The van der Waals surface area contributed by atoms with Gasteiger partial charge in [0.2, 0.25) is 11.8 Å². The number of fused-ring (bicyclic) bond motifs is 1. The van der Waals surface area contributed by atoms with Gasteiger partial charge in [0.1, 0.15) is 29.5 Å². The van der Waals surface area contributed by atoms with Gasteiger partial charge in [-0.1, -0.05) is 6.58 Å². The maximum atomic E-state index is 15.3. The molecule has 44 heavy (non-hydrogen) atoms. The van der Waals surface area contributed by atoms with Gasteiger partial charge in [0.05, 0.1) is 35.9 Å². The monoisotopic (exact) mass is 594 g/mol. The van der Waals surface area contributed by atoms with E-state index in [1.165, 1.54) is 18.5 Å². The molecule has 1 aliphatic heterocycles. The van der Waals surface area contributed by atoms with Gasteiger partial charge in [-0.05, 0) is 56.2 Å². The lowest BCUT2D eigenvalue weighted by molar-refractivity contribution is -0.127. The summed E-state index contributed by atoms with van der Waals surface area (Å²) in [5.41, 5.74) is 3.25. The Morgan fingerprint density at radius 2 is 2.00 bits per heavy atom. The second-order valence-electron chi connectivity index (χ2n) is 10.4. The number of amides is 1. The van der Waals surface area contributed by atoms with Crippen LogP contribution in [0.1, 0.15) is 18.5 Å². The summed E-state index contributed by atoms with van der Waals surface area (Å²) in [5, 5.41) is 11.7. The minimum absolute atomic E-state index is 0.0185. The van der Waals surface area contributed by atoms with E-state index in [9.17, 15) is 4.79 Å². The van der Waals surface area contributed by atoms with Crippen LogP contribution in [0.5, 0.6) is 17.4 Å². The second-order valence-corrected chi connectivity index (χ2v) is 10.4. The molecule has 2 N–H and O–H groups in total. The van der Waals surface area contributed by atoms with Crippen LogP contribution < -0.4 is 20.1 Å². The van der Waals surface area contributed by atoms with Crippen molar-refractivity contribution in [1.82, 2.24) is 29.6 Å². The minimum atomic E-state index is -0.530. The van der Waals surface area contributed by atoms with Gasteiger partial charge in [-0.15, -0.1) is 5.10 Å². The first-order chi connectivity index (χ1) is 21.4. The number of anilines is 3. The molecule has 0 radical (unpaired) electrons. The van der Waals surface area contributed by atoms with Gasteiger partial charge in [0.15, 0.2) is 0 Å². The summed E-state index contributed by atoms with van der Waals surface area (Å²) >= 11 is 0. The zero-order chi connectivity index (χ0) is 30.6. The van der Waals surface area contributed by atoms with Gasteiger partial charge >= 0.3 is 0 Å². The number of ether oxygens (including phenoxy) is 2. The van der Waals surface area contributed by atoms with E-state index in [0.29, 0.717) is 47.2 Å². The number of nitrogens with zero attached hydrogens (tertiary/aromatic N) is 6. The SMILES string of the molecule is C=CC(=O)N1CCC[C@H](Nc2cc3c(Nc4ccc(Oc5ccn(-c6ccc(C)nc6)n5)cc4F)ncnc3cc2OC)C1. The highest BCUT2D eigenvalue weighted by Gasteiger charge is 2.23. The summed E-state index contributed by atoms with van der Waals surface area (Å²) in [6, 6.07) is 13.7. The topological polar surface area (TPSA) is 119 Å². The quantitative estimate of drug-likeness (QED) is 0.204. The highest BCUT2D eigenvalue weighted by molar-refractivity contribution is 5.95. The van der Waals surface area contributed by atoms with Crippen molar-refractivity contribution < 1.29 is 18.7 Å². The Bertz CT molecular complexity index is 1820. The van der Waals surface area contributed by atoms with E-state index < -0.39 is 5.82 Å². The average molecular weight is 595 g/mol. The fraction of sp³-hybridized carbons (Fsp3) is 0.219. The maximum Gasteiger partial charge on any atom is 0.246 e. The molecule has 0 bridgehead atoms. The van der Waals surface area contributed by atoms with Gasteiger partial charge in [0, 0.05) is 54.6 Å². The fourth-order valence-corrected chi connectivity index (χ4v) is 5.12. The number of aryl methyl sites for hydroxylation is 1. The number of benzene rings is 2. The van der Waals surface area contributed by atoms with E-state index in [-0.39, 0.29) is 17.6 Å². The van der Waals surface area contributed by atoms with Crippen LogP contribution >= 0.6 is 0 Å². The lowest BCUT2D eigenvalue weighted by Crippen LogP contribution is -2.44. The van der Waals surface area contributed by atoms with E-state index in [1.54, 1.807) is 53.4 Å². The Labute approximate surface area is 253 Å². The molecule has 4 heterocycles. The van der Waals surface area contributed by atoms with E-state index in [4.69, 9.17) is 9.47 Å². The number of halogens is 1. The van der Waals surface area contributed by atoms with Crippen LogP contribution in [-0.4, -0.2) is 61.8 Å². The van der Waals surface area contributed by atoms with Crippen LogP contribution in [0.15, 0.2) is 79.9 Å². The van der Waals surface area contributed by atoms with Crippen molar-refractivity contribution in [2.24, 2.45) is 0 Å². The third kappa shape index (κ3) is 6.14. The second kappa shape index (κ2) is 12.4. The number of piperidine rings is 1. The van der Waals surface area contributed by atoms with Crippen molar-refractivity contribution in [3.05, 3.63) is 91.4 Å². The number of carbonyl (C=O) groups is 1. The predicted octanol–water partition coefficient (Wildman–Crippen LogP) is 5.79. The first kappa shape index (κ1) is 28.6. The van der Waals surface area contributed by atoms with E-state index in [1.807, 2.05) is 25.1 Å². The summed E-state index contributed by atoms with van der Waals surface area (Å²) in [4.78, 5) is 27.0. The third-order valence-corrected chi connectivity index (χ3v) is 7.36. The van der Waals surface area contributed by atoms with Crippen LogP contribution in [0.2, 0.25) is 0 Å². The Morgan fingerprint density at radius 1 is 1.11 bits per heavy atom. The van der Waals surface area contributed by atoms with Crippen molar-refractivity contribution in [2.45, 2.75) is 25.8 Å². The molecule has 3 aromatic heterocycles. The van der Waals surface area contributed by atoms with Crippen molar-refractivity contribution in [3.63, 3.8) is 0 Å². The average Bonchev–Trinajstić information content (AvgIpc) is 3.50. The molecule has 1 saturated heterocycles. The number of pyridine rings is 1. The molecule has 0 spiro atoms. The zero-order valence-corrected chi connectivity index (χ0v) is 24.3. The molecule has 224 valence electrons. The Balaban J connectivity index is 1.20. The smallest absolute Gasteiger partial charge is 0.246 e. The molecule has 5 aromatic rings. The first-order valence-electron chi connectivity index (χ1n) is 14.1. The summed E-state index contributed by atoms with van der Waals surface area (Å²) in [7, 11) is 1.59. The Morgan fingerprint density at radius 3 is 2.77 bits per heavy atom. The highest BCUT2D eigenvalue weighted by atomic mass is 19.1. The Kier molecular flexibility index (Phi) is 8.04. The number of methoxy groups -OCH3 is 1. The summed E-state index contributed by atoms with van der Waals surface area (Å²) in [5.74, 6) is 1.01. The molecule has 1 aliphatic rings. The standard InChI is InChI=1S/C32H31FN8O3/c1-4-31(42)40-12-5-6-21(18-40)37-28-15-24-27(16-29(28)43-3)35-19-36-32(24)38-26-10-9-23(14-25(26)33)44-30-11-13-41(39-30)22-8-7-20(2)34-17-22/h4,7-11,13-17,19,21,37H,1,5-6,12,18H2,2-3H3,(H,35,36,38)/t21-/m0/s1. The lowest BCUT2D eigenvalue weighted by Gasteiger charge is -2.33. The molecule has 1 fully saturated rings. The fourth-order valence-electron chi connectivity index (χ4n) is 5.12. The minimum Gasteiger partial charge on any atom is -0.495 e. The number of hydrogen-bond acceptors (Lipinski definition) is 9. The molecule has 1 amide bonds. The number of likely N-dealkylation sites (tertiary alicyclic amines) is 1. The molecule has 1 atom stereocenters. The maximum absolute atomic E-state index is 15.3. The largest absolute Gasteiger partial charge is 0.495 e. The molecule has 0 aliphatic carbocycles. The molecule has 0 unspecified atom stereocenters. The van der Waals surface area contributed by atoms with Gasteiger partial charge in [-0.25, -0.2) is 19.0 Å². The van der Waals surface area contributed by atoms with Crippen molar-refractivity contribution in [2.75, 3.05) is 30.8 Å². The molecule has 12 heteroatoms. The highest BCUT2D eigenvalue weighted by Crippen LogP contribution is 2.35. The molecule has 0 saturated carbocycles. The number of carbonyl (C=O) groups excluding carboxylic acids is 1. The van der Waals surface area contributed by atoms with E-state index in [0.717, 1.165) is 29.9 Å². The molecule has 11 nitrogen and oxygen atoms in total. The summed E-state index contributed by atoms with van der Waals surface area (Å²) in [6.45, 7) is 6.76. The third-order valence-electron chi connectivity index (χ3n) is 7.36. The van der Waals surface area contributed by atoms with Gasteiger partial charge < -0.3 is 25.0 Å². The van der Waals surface area contributed by atoms with Gasteiger partial charge in [0.25, 0.3) is 0 Å². The molecular weight excluding hydrogens is 563 g/mol. The number of rotatable bonds is 9. The number of aromatic nitrogens is 5. The lowest BCUT2D eigenvalue weighted by atomic mass is 10.0. The van der Waals surface area contributed by atoms with Crippen molar-refractivity contribution in [3.8, 4) is 23.1 Å². The van der Waals surface area contributed by atoms with Crippen molar-refractivity contribution in [1.29, 1.82) is 0 Å². The predicted molar refractivity (Wildman–Crippen MR) is 165 cm³/mol. The molecule has 6 rings (SSSR count). The first-order valence-corrected chi connectivity index (χ1v) is 14.1. The van der Waals surface area contributed by atoms with Crippen LogP contribution in [0, 0.1) is 12.7 Å². The summed E-state index contributed by atoms with van der Waals surface area (Å²) < 4.78 is 28.4. The van der Waals surface area contributed by atoms with Crippen LogP contribution in [0.25, 0.3) is 16.6 Å². The number of hydrogen-bond donors (Lipinski definition) is 2. The molecular formula is C32H31FN8O3. The zero-order valence-electron chi connectivity index (χ0n) is 24.3. The van der Waals surface area contributed by atoms with Crippen LogP contribution in [-0.2, 0) is 4.79 Å². The summed E-state index contributed by atoms with van der Waals surface area (Å²) in [6.07, 6.45) is 7.97. The van der Waals surface area contributed by atoms with E-state index >= 15 is 4.39 Å².